The number of nitrogens with zero attached hydrogens (tertiary/aromatic N) is 1. The summed E-state index contributed by atoms with van der Waals surface area (Å²) in [5.74, 6) is 0.557. The monoisotopic (exact) mass is 173 g/mol. The van der Waals surface area contributed by atoms with Crippen LogP contribution >= 0.6 is 11.6 Å². The highest BCUT2D eigenvalue weighted by Crippen LogP contribution is 2.30. The molecular formula is C7H8ClNO2. The Hall–Kier alpha value is -0.540. The maximum absolute atomic E-state index is 9.38. The third-order valence-electron chi connectivity index (χ3n) is 1.90. The Balaban J connectivity index is 2.43. The highest BCUT2D eigenvalue weighted by Gasteiger charge is 2.23. The number of aliphatic hydroxyl groups excluding tert-OH is 1. The molecule has 0 saturated heterocycles. The lowest BCUT2D eigenvalue weighted by Gasteiger charge is -2.13. The zero-order chi connectivity index (χ0) is 7.84. The molecule has 60 valence electrons. The molecule has 0 spiro atoms. The molecule has 0 amide bonds. The zero-order valence-corrected chi connectivity index (χ0v) is 6.64. The van der Waals surface area contributed by atoms with E-state index < -0.39 is 6.10 Å². The molecule has 2 rings (SSSR count). The van der Waals surface area contributed by atoms with Gasteiger partial charge >= 0.3 is 0 Å². The van der Waals surface area contributed by atoms with Gasteiger partial charge in [-0.2, -0.15) is 0 Å². The van der Waals surface area contributed by atoms with Crippen LogP contribution in [-0.2, 0) is 6.42 Å². The fraction of sp³-hybridized carbons (Fsp3) is 0.571. The average molecular weight is 174 g/mol. The number of aromatic nitrogens is 1. The van der Waals surface area contributed by atoms with Gasteiger partial charge in [0, 0.05) is 0 Å². The summed E-state index contributed by atoms with van der Waals surface area (Å²) in [6, 6.07) is 0. The second kappa shape index (κ2) is 2.50. The summed E-state index contributed by atoms with van der Waals surface area (Å²) in [7, 11) is 0. The highest BCUT2D eigenvalue weighted by molar-refractivity contribution is 6.27. The zero-order valence-electron chi connectivity index (χ0n) is 5.88. The minimum Gasteiger partial charge on any atom is -0.430 e. The van der Waals surface area contributed by atoms with E-state index >= 15 is 0 Å². The number of hydrogen-bond acceptors (Lipinski definition) is 3. The van der Waals surface area contributed by atoms with Gasteiger partial charge in [0.2, 0.25) is 0 Å². The van der Waals surface area contributed by atoms with Crippen LogP contribution in [0, 0.1) is 0 Å². The third-order valence-corrected chi connectivity index (χ3v) is 2.06. The van der Waals surface area contributed by atoms with Crippen LogP contribution < -0.4 is 0 Å². The molecule has 1 unspecified atom stereocenters. The summed E-state index contributed by atoms with van der Waals surface area (Å²) >= 11 is 5.53. The smallest absolute Gasteiger partial charge is 0.292 e. The fourth-order valence-corrected chi connectivity index (χ4v) is 1.55. The first-order chi connectivity index (χ1) is 5.27. The van der Waals surface area contributed by atoms with Crippen LogP contribution in [0.15, 0.2) is 4.42 Å². The van der Waals surface area contributed by atoms with Crippen molar-refractivity contribution in [1.82, 2.24) is 4.98 Å². The molecule has 1 aromatic heterocycles. The Morgan fingerprint density at radius 1 is 1.64 bits per heavy atom. The van der Waals surface area contributed by atoms with Gasteiger partial charge in [0.15, 0.2) is 5.76 Å². The molecule has 3 nitrogen and oxygen atoms in total. The molecule has 1 aliphatic rings. The minimum absolute atomic E-state index is 0.135. The normalized spacial score (nSPS) is 23.3. The maximum Gasteiger partial charge on any atom is 0.292 e. The molecule has 1 N–H and O–H groups in total. The van der Waals surface area contributed by atoms with Crippen molar-refractivity contribution in [2.45, 2.75) is 25.4 Å². The molecule has 0 bridgehead atoms. The van der Waals surface area contributed by atoms with Gasteiger partial charge < -0.3 is 9.52 Å². The Morgan fingerprint density at radius 3 is 3.18 bits per heavy atom. The van der Waals surface area contributed by atoms with Gasteiger partial charge in [-0.3, -0.25) is 0 Å². The Morgan fingerprint density at radius 2 is 2.45 bits per heavy atom. The average Bonchev–Trinajstić information content (AvgIpc) is 2.31. The summed E-state index contributed by atoms with van der Waals surface area (Å²) in [5, 5.41) is 9.52. The molecule has 0 aliphatic heterocycles. The van der Waals surface area contributed by atoms with Crippen LogP contribution in [-0.4, -0.2) is 10.1 Å². The number of aliphatic hydroxyl groups is 1. The Labute approximate surface area is 69.0 Å². The van der Waals surface area contributed by atoms with E-state index in [1.165, 1.54) is 0 Å². The Bertz CT molecular complexity index is 271. The van der Waals surface area contributed by atoms with Gasteiger partial charge in [-0.05, 0) is 30.9 Å². The molecule has 0 aromatic carbocycles. The summed E-state index contributed by atoms with van der Waals surface area (Å²) in [5.41, 5.74) is 0.814. The highest BCUT2D eigenvalue weighted by atomic mass is 35.5. The fourth-order valence-electron chi connectivity index (χ4n) is 1.37. The van der Waals surface area contributed by atoms with Gasteiger partial charge in [-0.1, -0.05) is 0 Å². The van der Waals surface area contributed by atoms with Gasteiger partial charge in [0.25, 0.3) is 5.35 Å². The van der Waals surface area contributed by atoms with E-state index in [0.29, 0.717) is 5.76 Å². The first-order valence-electron chi connectivity index (χ1n) is 3.60. The van der Waals surface area contributed by atoms with Crippen LogP contribution in [0.25, 0.3) is 0 Å². The molecular weight excluding hydrogens is 166 g/mol. The number of hydrogen-bond donors (Lipinski definition) is 1. The molecule has 11 heavy (non-hydrogen) atoms. The number of halogens is 1. The van der Waals surface area contributed by atoms with E-state index in [1.54, 1.807) is 0 Å². The first kappa shape index (κ1) is 7.13. The van der Waals surface area contributed by atoms with Gasteiger partial charge in [-0.25, -0.2) is 4.98 Å². The van der Waals surface area contributed by atoms with Crippen LogP contribution in [0.3, 0.4) is 0 Å². The van der Waals surface area contributed by atoms with Crippen molar-refractivity contribution in [2.24, 2.45) is 0 Å². The summed E-state index contributed by atoms with van der Waals surface area (Å²) < 4.78 is 5.02. The molecule has 1 atom stereocenters. The van der Waals surface area contributed by atoms with Crippen molar-refractivity contribution in [2.75, 3.05) is 0 Å². The minimum atomic E-state index is -0.501. The summed E-state index contributed by atoms with van der Waals surface area (Å²) in [6.07, 6.45) is 2.07. The van der Waals surface area contributed by atoms with E-state index in [9.17, 15) is 5.11 Å². The molecule has 0 radical (unpaired) electrons. The number of rotatable bonds is 0. The van der Waals surface area contributed by atoms with Crippen molar-refractivity contribution in [3.63, 3.8) is 0 Å². The summed E-state index contributed by atoms with van der Waals surface area (Å²) in [6.45, 7) is 0. The van der Waals surface area contributed by atoms with Crippen LogP contribution in [0.2, 0.25) is 5.35 Å². The Kier molecular flexibility index (Phi) is 1.62. The van der Waals surface area contributed by atoms with Crippen molar-refractivity contribution in [3.05, 3.63) is 16.8 Å². The van der Waals surface area contributed by atoms with Crippen molar-refractivity contribution in [3.8, 4) is 0 Å². The predicted octanol–water partition coefficient (Wildman–Crippen LogP) is 1.70. The topological polar surface area (TPSA) is 46.3 Å². The number of fused-ring (bicyclic) bond motifs is 1. The molecule has 1 aliphatic carbocycles. The van der Waals surface area contributed by atoms with E-state index in [1.807, 2.05) is 0 Å². The van der Waals surface area contributed by atoms with Gasteiger partial charge in [0.1, 0.15) is 6.10 Å². The van der Waals surface area contributed by atoms with Crippen LogP contribution in [0.4, 0.5) is 0 Å². The van der Waals surface area contributed by atoms with E-state index in [2.05, 4.69) is 4.98 Å². The lowest BCUT2D eigenvalue weighted by atomic mass is 10.00. The quantitative estimate of drug-likeness (QED) is 0.650. The third kappa shape index (κ3) is 1.14. The number of aryl methyl sites for hydroxylation is 1. The van der Waals surface area contributed by atoms with E-state index in [4.69, 9.17) is 16.0 Å². The van der Waals surface area contributed by atoms with Crippen molar-refractivity contribution >= 4 is 11.6 Å². The first-order valence-corrected chi connectivity index (χ1v) is 3.98. The van der Waals surface area contributed by atoms with Crippen molar-refractivity contribution < 1.29 is 9.52 Å². The maximum atomic E-state index is 9.38. The second-order valence-corrected chi connectivity index (χ2v) is 3.01. The van der Waals surface area contributed by atoms with Gasteiger partial charge in [-0.15, -0.1) is 0 Å². The van der Waals surface area contributed by atoms with Gasteiger partial charge in [0.05, 0.1) is 5.69 Å². The molecule has 1 heterocycles. The summed E-state index contributed by atoms with van der Waals surface area (Å²) in [4.78, 5) is 3.94. The molecule has 0 saturated carbocycles. The lowest BCUT2D eigenvalue weighted by molar-refractivity contribution is 0.129. The molecule has 4 heteroatoms. The SMILES string of the molecule is OC1CCCc2nc(Cl)oc21. The van der Waals surface area contributed by atoms with Crippen LogP contribution in [0.5, 0.6) is 0 Å². The van der Waals surface area contributed by atoms with E-state index in [-0.39, 0.29) is 5.35 Å². The predicted molar refractivity (Wildman–Crippen MR) is 39.4 cm³/mol. The number of oxazole rings is 1. The lowest BCUT2D eigenvalue weighted by Crippen LogP contribution is -2.06. The standard InChI is InChI=1S/C7H8ClNO2/c8-7-9-4-2-1-3-5(10)6(4)11-7/h5,10H,1-3H2. The molecule has 0 fully saturated rings. The van der Waals surface area contributed by atoms with Crippen molar-refractivity contribution in [1.29, 1.82) is 0 Å². The second-order valence-electron chi connectivity index (χ2n) is 2.69. The van der Waals surface area contributed by atoms with Crippen LogP contribution in [0.1, 0.15) is 30.4 Å². The molecule has 1 aromatic rings. The van der Waals surface area contributed by atoms with E-state index in [0.717, 1.165) is 25.0 Å². The largest absolute Gasteiger partial charge is 0.430 e.